The molecule has 4 heteroatoms. The Labute approximate surface area is 149 Å². The summed E-state index contributed by atoms with van der Waals surface area (Å²) in [5, 5.41) is 2.80. The largest absolute Gasteiger partial charge is 0.452 e. The van der Waals surface area contributed by atoms with Crippen LogP contribution in [0.5, 0.6) is 0 Å². The van der Waals surface area contributed by atoms with Gasteiger partial charge in [0.25, 0.3) is 5.91 Å². The van der Waals surface area contributed by atoms with E-state index in [9.17, 15) is 9.59 Å². The number of benzene rings is 2. The molecule has 0 saturated heterocycles. The first kappa shape index (κ1) is 18.7. The minimum absolute atomic E-state index is 0.199. The van der Waals surface area contributed by atoms with Gasteiger partial charge in [-0.2, -0.15) is 0 Å². The van der Waals surface area contributed by atoms with Crippen molar-refractivity contribution in [2.75, 3.05) is 13.2 Å². The average Bonchev–Trinajstić information content (AvgIpc) is 2.64. The van der Waals surface area contributed by atoms with Crippen LogP contribution >= 0.6 is 0 Å². The van der Waals surface area contributed by atoms with Crippen LogP contribution in [0, 0.1) is 0 Å². The summed E-state index contributed by atoms with van der Waals surface area (Å²) in [7, 11) is 0. The van der Waals surface area contributed by atoms with Crippen LogP contribution < -0.4 is 5.32 Å². The number of hydrogen-bond donors (Lipinski definition) is 1. The highest BCUT2D eigenvalue weighted by molar-refractivity contribution is 5.91. The molecule has 4 nitrogen and oxygen atoms in total. The van der Waals surface area contributed by atoms with Crippen molar-refractivity contribution in [1.29, 1.82) is 0 Å². The Morgan fingerprint density at radius 3 is 2.16 bits per heavy atom. The topological polar surface area (TPSA) is 55.4 Å². The van der Waals surface area contributed by atoms with E-state index in [-0.39, 0.29) is 18.4 Å². The lowest BCUT2D eigenvalue weighted by molar-refractivity contribution is -0.124. The Bertz CT molecular complexity index is 693. The van der Waals surface area contributed by atoms with Crippen molar-refractivity contribution in [1.82, 2.24) is 5.32 Å². The van der Waals surface area contributed by atoms with Gasteiger partial charge in [0.15, 0.2) is 6.61 Å². The van der Waals surface area contributed by atoms with Crippen LogP contribution in [0.25, 0.3) is 0 Å². The summed E-state index contributed by atoms with van der Waals surface area (Å²) in [6.07, 6.45) is 0. The third kappa shape index (κ3) is 5.75. The van der Waals surface area contributed by atoms with Gasteiger partial charge >= 0.3 is 5.97 Å². The Hall–Kier alpha value is -2.62. The second-order valence-electron chi connectivity index (χ2n) is 6.47. The fourth-order valence-corrected chi connectivity index (χ4v) is 2.44. The van der Waals surface area contributed by atoms with E-state index in [0.29, 0.717) is 18.0 Å². The molecule has 0 bridgehead atoms. The highest BCUT2D eigenvalue weighted by Gasteiger charge is 2.12. The summed E-state index contributed by atoms with van der Waals surface area (Å²) in [4.78, 5) is 23.9. The Kier molecular flexibility index (Phi) is 6.75. The lowest BCUT2D eigenvalue weighted by Crippen LogP contribution is -2.31. The van der Waals surface area contributed by atoms with Crippen molar-refractivity contribution in [3.05, 3.63) is 71.3 Å². The molecule has 132 valence electrons. The zero-order valence-electron chi connectivity index (χ0n) is 15.0. The van der Waals surface area contributed by atoms with Crippen molar-refractivity contribution in [2.45, 2.75) is 32.6 Å². The van der Waals surface area contributed by atoms with Gasteiger partial charge in [-0.25, -0.2) is 4.79 Å². The molecule has 1 amide bonds. The van der Waals surface area contributed by atoms with E-state index in [4.69, 9.17) is 4.74 Å². The van der Waals surface area contributed by atoms with Crippen LogP contribution in [-0.4, -0.2) is 25.0 Å². The molecule has 0 saturated carbocycles. The second-order valence-corrected chi connectivity index (χ2v) is 6.47. The molecule has 0 aliphatic rings. The highest BCUT2D eigenvalue weighted by atomic mass is 16.5. The lowest BCUT2D eigenvalue weighted by atomic mass is 10.0. The number of carbonyl (C=O) groups is 2. The number of amides is 1. The zero-order valence-corrected chi connectivity index (χ0v) is 15.0. The molecule has 0 aromatic heterocycles. The molecule has 0 radical (unpaired) electrons. The smallest absolute Gasteiger partial charge is 0.338 e. The number of rotatable bonds is 7. The molecule has 1 atom stereocenters. The third-order valence-electron chi connectivity index (χ3n) is 4.12. The van der Waals surface area contributed by atoms with E-state index in [1.54, 1.807) is 12.1 Å². The SMILES string of the molecule is CC(C)c1ccc(C(=O)OCC(=O)NC[C@@H](C)c2ccccc2)cc1. The molecule has 1 N–H and O–H groups in total. The summed E-state index contributed by atoms with van der Waals surface area (Å²) < 4.78 is 5.08. The van der Waals surface area contributed by atoms with Crippen molar-refractivity contribution in [3.8, 4) is 0 Å². The van der Waals surface area contributed by atoms with Gasteiger partial charge in [-0.3, -0.25) is 4.79 Å². The lowest BCUT2D eigenvalue weighted by Gasteiger charge is -2.13. The van der Waals surface area contributed by atoms with Crippen LogP contribution in [0.15, 0.2) is 54.6 Å². The molecule has 0 aliphatic carbocycles. The third-order valence-corrected chi connectivity index (χ3v) is 4.12. The van der Waals surface area contributed by atoms with Gasteiger partial charge in [0.1, 0.15) is 0 Å². The van der Waals surface area contributed by atoms with Crippen molar-refractivity contribution >= 4 is 11.9 Å². The first-order chi connectivity index (χ1) is 12.0. The van der Waals surface area contributed by atoms with E-state index < -0.39 is 5.97 Å². The molecule has 2 aromatic carbocycles. The van der Waals surface area contributed by atoms with E-state index in [2.05, 4.69) is 19.2 Å². The number of ether oxygens (including phenoxy) is 1. The number of hydrogen-bond acceptors (Lipinski definition) is 3. The molecule has 0 unspecified atom stereocenters. The maximum Gasteiger partial charge on any atom is 0.338 e. The molecule has 25 heavy (non-hydrogen) atoms. The van der Waals surface area contributed by atoms with Crippen molar-refractivity contribution in [2.24, 2.45) is 0 Å². The van der Waals surface area contributed by atoms with Gasteiger partial charge in [0.05, 0.1) is 5.56 Å². The normalized spacial score (nSPS) is 11.8. The van der Waals surface area contributed by atoms with Crippen molar-refractivity contribution < 1.29 is 14.3 Å². The molecule has 2 rings (SSSR count). The first-order valence-electron chi connectivity index (χ1n) is 8.56. The number of carbonyl (C=O) groups excluding carboxylic acids is 2. The van der Waals surface area contributed by atoms with E-state index in [1.165, 1.54) is 0 Å². The number of nitrogens with one attached hydrogen (secondary N) is 1. The predicted molar refractivity (Wildman–Crippen MR) is 98.7 cm³/mol. The summed E-state index contributed by atoms with van der Waals surface area (Å²) in [6.45, 7) is 6.45. The predicted octanol–water partition coefficient (Wildman–Crippen LogP) is 3.89. The minimum atomic E-state index is -0.485. The van der Waals surface area contributed by atoms with Gasteiger partial charge in [0, 0.05) is 6.54 Å². The van der Waals surface area contributed by atoms with Gasteiger partial charge in [-0.15, -0.1) is 0 Å². The Balaban J connectivity index is 1.76. The maximum atomic E-state index is 12.0. The van der Waals surface area contributed by atoms with Crippen LogP contribution in [0.4, 0.5) is 0 Å². The minimum Gasteiger partial charge on any atom is -0.452 e. The van der Waals surface area contributed by atoms with Gasteiger partial charge < -0.3 is 10.1 Å². The van der Waals surface area contributed by atoms with E-state index in [0.717, 1.165) is 11.1 Å². The molecule has 0 heterocycles. The van der Waals surface area contributed by atoms with E-state index >= 15 is 0 Å². The number of esters is 1. The molecule has 0 aliphatic heterocycles. The van der Waals surface area contributed by atoms with Gasteiger partial charge in [0.2, 0.25) is 0 Å². The summed E-state index contributed by atoms with van der Waals surface area (Å²) in [6, 6.07) is 17.2. The zero-order chi connectivity index (χ0) is 18.2. The second kappa shape index (κ2) is 9.02. The van der Waals surface area contributed by atoms with Gasteiger partial charge in [-0.05, 0) is 35.1 Å². The fraction of sp³-hybridized carbons (Fsp3) is 0.333. The molecule has 0 spiro atoms. The van der Waals surface area contributed by atoms with Crippen LogP contribution in [0.2, 0.25) is 0 Å². The molecule has 2 aromatic rings. The molecular weight excluding hydrogens is 314 g/mol. The average molecular weight is 339 g/mol. The van der Waals surface area contributed by atoms with Crippen LogP contribution in [-0.2, 0) is 9.53 Å². The standard InChI is InChI=1S/C21H25NO3/c1-15(2)17-9-11-19(12-10-17)21(24)25-14-20(23)22-13-16(3)18-7-5-4-6-8-18/h4-12,15-16H,13-14H2,1-3H3,(H,22,23)/t16-/m1/s1. The summed E-state index contributed by atoms with van der Waals surface area (Å²) in [5.41, 5.74) is 2.77. The molecule has 0 fully saturated rings. The first-order valence-corrected chi connectivity index (χ1v) is 8.56. The maximum absolute atomic E-state index is 12.0. The summed E-state index contributed by atoms with van der Waals surface area (Å²) >= 11 is 0. The highest BCUT2D eigenvalue weighted by Crippen LogP contribution is 2.15. The fourth-order valence-electron chi connectivity index (χ4n) is 2.44. The van der Waals surface area contributed by atoms with Gasteiger partial charge in [-0.1, -0.05) is 63.2 Å². The monoisotopic (exact) mass is 339 g/mol. The van der Waals surface area contributed by atoms with Crippen LogP contribution in [0.3, 0.4) is 0 Å². The van der Waals surface area contributed by atoms with E-state index in [1.807, 2.05) is 49.4 Å². The quantitative estimate of drug-likeness (QED) is 0.779. The Morgan fingerprint density at radius 2 is 1.56 bits per heavy atom. The Morgan fingerprint density at radius 1 is 0.920 bits per heavy atom. The van der Waals surface area contributed by atoms with Crippen LogP contribution in [0.1, 0.15) is 54.1 Å². The van der Waals surface area contributed by atoms with Crippen molar-refractivity contribution in [3.63, 3.8) is 0 Å². The summed E-state index contributed by atoms with van der Waals surface area (Å²) in [5.74, 6) is -0.177. The molecular formula is C21H25NO3.